The van der Waals surface area contributed by atoms with Gasteiger partial charge in [-0.15, -0.1) is 0 Å². The summed E-state index contributed by atoms with van der Waals surface area (Å²) in [5, 5.41) is 4.62. The number of nitrogens with zero attached hydrogens (tertiary/aromatic N) is 4. The molecule has 0 saturated carbocycles. The van der Waals surface area contributed by atoms with E-state index in [2.05, 4.69) is 58.8 Å². The maximum absolute atomic E-state index is 4.62. The van der Waals surface area contributed by atoms with Crippen LogP contribution in [0.4, 0.5) is 0 Å². The van der Waals surface area contributed by atoms with Crippen molar-refractivity contribution in [1.29, 1.82) is 0 Å². The van der Waals surface area contributed by atoms with Crippen LogP contribution in [0, 0.1) is 0 Å². The van der Waals surface area contributed by atoms with E-state index in [1.807, 2.05) is 4.68 Å². The number of aromatic nitrogens is 2. The van der Waals surface area contributed by atoms with Crippen molar-refractivity contribution in [2.45, 2.75) is 45.7 Å². The molecular weight excluding hydrogens is 316 g/mol. The van der Waals surface area contributed by atoms with Gasteiger partial charge in [0.15, 0.2) is 0 Å². The summed E-state index contributed by atoms with van der Waals surface area (Å²) < 4.78 is 3.25. The third-order valence-electron chi connectivity index (χ3n) is 4.35. The van der Waals surface area contributed by atoms with Gasteiger partial charge in [-0.2, -0.15) is 5.10 Å². The maximum Gasteiger partial charge on any atom is 0.0767 e. The van der Waals surface area contributed by atoms with E-state index in [1.165, 1.54) is 48.3 Å². The Labute approximate surface area is 131 Å². The van der Waals surface area contributed by atoms with Gasteiger partial charge in [0.1, 0.15) is 0 Å². The highest BCUT2D eigenvalue weighted by molar-refractivity contribution is 9.10. The molecule has 1 aliphatic heterocycles. The van der Waals surface area contributed by atoms with Gasteiger partial charge in [0.25, 0.3) is 0 Å². The first-order valence-corrected chi connectivity index (χ1v) is 8.48. The van der Waals surface area contributed by atoms with Crippen molar-refractivity contribution in [2.24, 2.45) is 7.05 Å². The summed E-state index contributed by atoms with van der Waals surface area (Å²) in [4.78, 5) is 5.09. The number of halogens is 1. The predicted octanol–water partition coefficient (Wildman–Crippen LogP) is 2.66. The van der Waals surface area contributed by atoms with Crippen LogP contribution in [-0.4, -0.2) is 52.3 Å². The topological polar surface area (TPSA) is 24.3 Å². The summed E-state index contributed by atoms with van der Waals surface area (Å²) in [6.07, 6.45) is 3.44. The highest BCUT2D eigenvalue weighted by atomic mass is 79.9. The van der Waals surface area contributed by atoms with E-state index >= 15 is 0 Å². The molecule has 1 aliphatic rings. The molecule has 4 nitrogen and oxygen atoms in total. The van der Waals surface area contributed by atoms with Crippen molar-refractivity contribution in [1.82, 2.24) is 19.6 Å². The molecule has 20 heavy (non-hydrogen) atoms. The minimum absolute atomic E-state index is 0.648. The second kappa shape index (κ2) is 7.05. The van der Waals surface area contributed by atoms with Crippen molar-refractivity contribution in [2.75, 3.05) is 26.7 Å². The summed E-state index contributed by atoms with van der Waals surface area (Å²) >= 11 is 3.74. The second-order valence-electron chi connectivity index (χ2n) is 5.83. The van der Waals surface area contributed by atoms with Gasteiger partial charge in [0.2, 0.25) is 0 Å². The first-order valence-electron chi connectivity index (χ1n) is 7.69. The molecule has 1 atom stereocenters. The summed E-state index contributed by atoms with van der Waals surface area (Å²) in [5.41, 5.74) is 2.48. The minimum Gasteiger partial charge on any atom is -0.305 e. The van der Waals surface area contributed by atoms with E-state index in [0.29, 0.717) is 6.04 Å². The molecule has 0 amide bonds. The Bertz CT molecular complexity index is 443. The number of aryl methyl sites for hydroxylation is 2. The van der Waals surface area contributed by atoms with Crippen LogP contribution in [0.3, 0.4) is 0 Å². The fraction of sp³-hybridized carbons (Fsp3) is 0.800. The Balaban J connectivity index is 2.17. The van der Waals surface area contributed by atoms with Crippen LogP contribution in [-0.2, 0) is 20.0 Å². The van der Waals surface area contributed by atoms with Gasteiger partial charge in [-0.3, -0.25) is 9.58 Å². The van der Waals surface area contributed by atoms with Crippen LogP contribution in [0.15, 0.2) is 4.47 Å². The van der Waals surface area contributed by atoms with Crippen molar-refractivity contribution < 1.29 is 0 Å². The van der Waals surface area contributed by atoms with Gasteiger partial charge in [-0.25, -0.2) is 0 Å². The van der Waals surface area contributed by atoms with E-state index in [-0.39, 0.29) is 0 Å². The molecule has 0 aliphatic carbocycles. The van der Waals surface area contributed by atoms with E-state index in [4.69, 9.17) is 0 Å². The zero-order valence-corrected chi connectivity index (χ0v) is 14.8. The smallest absolute Gasteiger partial charge is 0.0767 e. The fourth-order valence-electron chi connectivity index (χ4n) is 3.07. The Morgan fingerprint density at radius 3 is 2.60 bits per heavy atom. The summed E-state index contributed by atoms with van der Waals surface area (Å²) in [6.45, 7) is 9.02. The Morgan fingerprint density at radius 1 is 1.25 bits per heavy atom. The average molecular weight is 343 g/mol. The number of hydrogen-bond acceptors (Lipinski definition) is 3. The zero-order chi connectivity index (χ0) is 14.7. The molecule has 0 bridgehead atoms. The third-order valence-corrected chi connectivity index (χ3v) is 5.27. The molecule has 1 aromatic rings. The van der Waals surface area contributed by atoms with Gasteiger partial charge in [-0.1, -0.05) is 13.8 Å². The summed E-state index contributed by atoms with van der Waals surface area (Å²) in [7, 11) is 4.30. The van der Waals surface area contributed by atoms with Crippen LogP contribution in [0.5, 0.6) is 0 Å². The molecule has 0 spiro atoms. The predicted molar refractivity (Wildman–Crippen MR) is 86.9 cm³/mol. The average Bonchev–Trinajstić information content (AvgIpc) is 2.60. The molecular formula is C15H27BrN4. The van der Waals surface area contributed by atoms with Crippen molar-refractivity contribution in [3.8, 4) is 0 Å². The van der Waals surface area contributed by atoms with Gasteiger partial charge >= 0.3 is 0 Å². The molecule has 0 N–H and O–H groups in total. The summed E-state index contributed by atoms with van der Waals surface area (Å²) in [6, 6.07) is 0.648. The van der Waals surface area contributed by atoms with Crippen LogP contribution in [0.25, 0.3) is 0 Å². The fourth-order valence-corrected chi connectivity index (χ4v) is 3.81. The highest BCUT2D eigenvalue weighted by Gasteiger charge is 2.24. The first kappa shape index (κ1) is 16.0. The largest absolute Gasteiger partial charge is 0.305 e. The van der Waals surface area contributed by atoms with Crippen LogP contribution < -0.4 is 0 Å². The zero-order valence-electron chi connectivity index (χ0n) is 13.2. The number of hydrogen-bond donors (Lipinski definition) is 0. The first-order chi connectivity index (χ1) is 9.56. The van der Waals surface area contributed by atoms with Crippen molar-refractivity contribution in [3.63, 3.8) is 0 Å². The Morgan fingerprint density at radius 2 is 2.00 bits per heavy atom. The Kier molecular flexibility index (Phi) is 5.64. The Hall–Kier alpha value is -0.390. The monoisotopic (exact) mass is 342 g/mol. The molecule has 0 radical (unpaired) electrons. The molecule has 1 aromatic heterocycles. The van der Waals surface area contributed by atoms with Crippen molar-refractivity contribution in [3.05, 3.63) is 15.9 Å². The lowest BCUT2D eigenvalue weighted by atomic mass is 10.1. The van der Waals surface area contributed by atoms with Gasteiger partial charge in [0.05, 0.1) is 15.9 Å². The quantitative estimate of drug-likeness (QED) is 0.840. The summed E-state index contributed by atoms with van der Waals surface area (Å²) in [5.74, 6) is 0. The van der Waals surface area contributed by atoms with E-state index in [1.54, 1.807) is 0 Å². The molecule has 1 saturated heterocycles. The van der Waals surface area contributed by atoms with Gasteiger partial charge in [0, 0.05) is 32.7 Å². The lowest BCUT2D eigenvalue weighted by molar-refractivity contribution is 0.172. The molecule has 2 heterocycles. The lowest BCUT2D eigenvalue weighted by Crippen LogP contribution is -2.39. The molecule has 0 aromatic carbocycles. The normalized spacial score (nSPS) is 22.1. The van der Waals surface area contributed by atoms with E-state index in [0.717, 1.165) is 13.0 Å². The lowest BCUT2D eigenvalue weighted by Gasteiger charge is -2.30. The van der Waals surface area contributed by atoms with Crippen LogP contribution >= 0.6 is 15.9 Å². The van der Waals surface area contributed by atoms with E-state index in [9.17, 15) is 0 Å². The SMILES string of the molecule is CCc1nn(C)c(CN2CCCN(C)CC2CC)c1Br. The molecule has 1 unspecified atom stereocenters. The second-order valence-corrected chi connectivity index (χ2v) is 6.63. The number of likely N-dealkylation sites (N-methyl/N-ethyl adjacent to an activating group) is 1. The number of rotatable bonds is 4. The van der Waals surface area contributed by atoms with Crippen LogP contribution in [0.1, 0.15) is 38.1 Å². The maximum atomic E-state index is 4.62. The molecule has 1 fully saturated rings. The molecule has 114 valence electrons. The van der Waals surface area contributed by atoms with Crippen molar-refractivity contribution >= 4 is 15.9 Å². The molecule has 5 heteroatoms. The minimum atomic E-state index is 0.648. The third kappa shape index (κ3) is 3.43. The molecule has 2 rings (SSSR count). The van der Waals surface area contributed by atoms with Gasteiger partial charge < -0.3 is 4.90 Å². The standard InChI is InChI=1S/C15H27BrN4/c1-5-12-10-18(3)8-7-9-20(12)11-14-15(16)13(6-2)17-19(14)4/h12H,5-11H2,1-4H3. The van der Waals surface area contributed by atoms with Gasteiger partial charge in [-0.05, 0) is 48.8 Å². The highest BCUT2D eigenvalue weighted by Crippen LogP contribution is 2.24. The van der Waals surface area contributed by atoms with E-state index < -0.39 is 0 Å². The van der Waals surface area contributed by atoms with Crippen LogP contribution in [0.2, 0.25) is 0 Å².